The van der Waals surface area contributed by atoms with Gasteiger partial charge < -0.3 is 26.0 Å². The smallest absolute Gasteiger partial charge is 0.251 e. The first kappa shape index (κ1) is 37.5. The predicted molar refractivity (Wildman–Crippen MR) is 214 cm³/mol. The summed E-state index contributed by atoms with van der Waals surface area (Å²) in [6.45, 7) is 11.8. The van der Waals surface area contributed by atoms with Crippen molar-refractivity contribution in [1.82, 2.24) is 35.6 Å². The Morgan fingerprint density at radius 2 is 1.65 bits per heavy atom. The molecule has 4 heterocycles. The first-order valence-electron chi connectivity index (χ1n) is 19.1. The lowest BCUT2D eigenvalue weighted by molar-refractivity contribution is 0.0904. The molecule has 0 saturated carbocycles. The van der Waals surface area contributed by atoms with Crippen LogP contribution in [0.4, 0.5) is 5.69 Å². The van der Waals surface area contributed by atoms with Crippen LogP contribution in [0.5, 0.6) is 0 Å². The molecule has 2 fully saturated rings. The van der Waals surface area contributed by atoms with Gasteiger partial charge in [0, 0.05) is 105 Å². The molecule has 2 saturated heterocycles. The Kier molecular flexibility index (Phi) is 12.2. The molecule has 12 heteroatoms. The van der Waals surface area contributed by atoms with Crippen LogP contribution in [-0.4, -0.2) is 76.9 Å². The maximum absolute atomic E-state index is 13.6. The number of halogens is 1. The summed E-state index contributed by atoms with van der Waals surface area (Å²) >= 11 is 6.69. The molecule has 11 nitrogen and oxygen atoms in total. The van der Waals surface area contributed by atoms with Gasteiger partial charge in [-0.3, -0.25) is 14.5 Å². The molecule has 0 unspecified atom stereocenters. The normalized spacial score (nSPS) is 15.3. The summed E-state index contributed by atoms with van der Waals surface area (Å²) in [5.74, 6) is -0.535. The molecule has 282 valence electrons. The van der Waals surface area contributed by atoms with E-state index < -0.39 is 0 Å². The Morgan fingerprint density at radius 1 is 0.907 bits per heavy atom. The van der Waals surface area contributed by atoms with Gasteiger partial charge in [-0.1, -0.05) is 48.9 Å². The van der Waals surface area contributed by atoms with Crippen LogP contribution in [-0.2, 0) is 37.3 Å². The van der Waals surface area contributed by atoms with Crippen molar-refractivity contribution in [3.8, 4) is 11.1 Å². The number of aromatic nitrogens is 3. The van der Waals surface area contributed by atoms with E-state index >= 15 is 0 Å². The van der Waals surface area contributed by atoms with Crippen molar-refractivity contribution in [3.05, 3.63) is 111 Å². The first-order chi connectivity index (χ1) is 26.4. The van der Waals surface area contributed by atoms with Crippen molar-refractivity contribution in [2.45, 2.75) is 65.3 Å². The average molecular weight is 749 g/mol. The van der Waals surface area contributed by atoms with Gasteiger partial charge in [-0.05, 0) is 79.3 Å². The highest BCUT2D eigenvalue weighted by Gasteiger charge is 2.22. The maximum atomic E-state index is 13.6. The summed E-state index contributed by atoms with van der Waals surface area (Å²) in [5.41, 5.74) is 8.61. The number of benzene rings is 3. The van der Waals surface area contributed by atoms with Crippen molar-refractivity contribution >= 4 is 40.1 Å². The largest absolute Gasteiger partial charge is 0.381 e. The summed E-state index contributed by atoms with van der Waals surface area (Å²) < 4.78 is 7.51. The summed E-state index contributed by atoms with van der Waals surface area (Å²) in [6, 6.07) is 21.4. The zero-order valence-corrected chi connectivity index (χ0v) is 31.8. The Labute approximate surface area is 321 Å². The number of carbonyl (C=O) groups excluding carboxylic acids is 2. The lowest BCUT2D eigenvalue weighted by Gasteiger charge is -2.27. The number of amides is 2. The maximum Gasteiger partial charge on any atom is 0.251 e. The zero-order valence-electron chi connectivity index (χ0n) is 31.1. The van der Waals surface area contributed by atoms with E-state index in [1.54, 1.807) is 24.3 Å². The Hall–Kier alpha value is -4.81. The van der Waals surface area contributed by atoms with Crippen LogP contribution < -0.4 is 21.3 Å². The minimum absolute atomic E-state index is 0.252. The van der Waals surface area contributed by atoms with E-state index in [2.05, 4.69) is 69.4 Å². The number of carbonyl (C=O) groups is 2. The van der Waals surface area contributed by atoms with Crippen molar-refractivity contribution < 1.29 is 14.3 Å². The molecule has 2 aliphatic heterocycles. The van der Waals surface area contributed by atoms with Crippen LogP contribution in [0.25, 0.3) is 22.2 Å². The van der Waals surface area contributed by atoms with Crippen molar-refractivity contribution in [1.29, 1.82) is 0 Å². The van der Waals surface area contributed by atoms with Crippen LogP contribution in [0.3, 0.4) is 0 Å². The highest BCUT2D eigenvalue weighted by atomic mass is 35.5. The van der Waals surface area contributed by atoms with E-state index in [1.165, 1.54) is 5.56 Å². The van der Waals surface area contributed by atoms with Crippen LogP contribution in [0.15, 0.2) is 72.9 Å². The molecule has 0 radical (unpaired) electrons. The number of aryl methyl sites for hydroxylation is 2. The second-order valence-corrected chi connectivity index (χ2v) is 14.4. The van der Waals surface area contributed by atoms with E-state index in [0.29, 0.717) is 48.9 Å². The summed E-state index contributed by atoms with van der Waals surface area (Å²) in [5, 5.41) is 19.5. The average Bonchev–Trinajstić information content (AvgIpc) is 3.63. The molecule has 3 aromatic carbocycles. The summed E-state index contributed by atoms with van der Waals surface area (Å²) in [7, 11) is 0. The number of nitrogens with one attached hydrogen (secondary N) is 4. The fourth-order valence-corrected chi connectivity index (χ4v) is 7.55. The molecule has 0 aliphatic carbocycles. The summed E-state index contributed by atoms with van der Waals surface area (Å²) in [6.07, 6.45) is 4.36. The Bertz CT molecular complexity index is 2110. The fraction of sp³-hybridized carbons (Fsp3) is 0.381. The molecule has 2 amide bonds. The van der Waals surface area contributed by atoms with E-state index in [1.807, 2.05) is 29.1 Å². The summed E-state index contributed by atoms with van der Waals surface area (Å²) in [4.78, 5) is 34.4. The van der Waals surface area contributed by atoms with Gasteiger partial charge in [-0.2, -0.15) is 5.10 Å². The molecule has 0 bridgehead atoms. The van der Waals surface area contributed by atoms with Gasteiger partial charge in [0.2, 0.25) is 0 Å². The number of fused-ring (bicyclic) bond motifs is 1. The van der Waals surface area contributed by atoms with Crippen LogP contribution in [0.1, 0.15) is 69.8 Å². The van der Waals surface area contributed by atoms with Gasteiger partial charge >= 0.3 is 0 Å². The molecule has 5 aromatic rings. The third-order valence-electron chi connectivity index (χ3n) is 10.3. The molecule has 2 aliphatic rings. The van der Waals surface area contributed by atoms with Crippen molar-refractivity contribution in [2.75, 3.05) is 44.7 Å². The third-order valence-corrected chi connectivity index (χ3v) is 10.7. The van der Waals surface area contributed by atoms with Gasteiger partial charge in [0.05, 0.1) is 17.3 Å². The van der Waals surface area contributed by atoms with Gasteiger partial charge in [0.1, 0.15) is 0 Å². The van der Waals surface area contributed by atoms with Gasteiger partial charge in [0.25, 0.3) is 11.8 Å². The quantitative estimate of drug-likeness (QED) is 0.112. The molecule has 0 atom stereocenters. The minimum atomic E-state index is -0.269. The van der Waals surface area contributed by atoms with Gasteiger partial charge in [-0.25, -0.2) is 9.67 Å². The van der Waals surface area contributed by atoms with Crippen molar-refractivity contribution in [2.24, 2.45) is 0 Å². The molecule has 54 heavy (non-hydrogen) atoms. The van der Waals surface area contributed by atoms with Crippen molar-refractivity contribution in [3.63, 3.8) is 0 Å². The molecule has 4 N–H and O–H groups in total. The number of nitrogens with zero attached hydrogens (tertiary/aromatic N) is 4. The van der Waals surface area contributed by atoms with Crippen LogP contribution >= 0.6 is 11.6 Å². The highest BCUT2D eigenvalue weighted by molar-refractivity contribution is 6.33. The lowest BCUT2D eigenvalue weighted by atomic mass is 10.0. The fourth-order valence-electron chi connectivity index (χ4n) is 7.33. The number of ether oxygens (including phenoxy) is 1. The number of pyridine rings is 1. The second-order valence-electron chi connectivity index (χ2n) is 14.0. The predicted octanol–water partition coefficient (Wildman–Crippen LogP) is 6.19. The lowest BCUT2D eigenvalue weighted by Crippen LogP contribution is -2.42. The molecular formula is C42H49ClN8O3. The standard InChI is InChI=1S/C42H49ClN8O3/c1-3-38-35(39(48-33-13-19-54-20-14-33)36-26-47-51(4-2)40(36)49-38)25-46-42(53)32-10-6-9-31(23-32)41(52)45-24-28-11-12-37(43)34(22-28)30-8-5-7-29(21-30)27-50-17-15-44-16-18-50/h5-12,21-23,26,33,44H,3-4,13-20,24-25,27H2,1-2H3,(H,45,52)(H,46,53)(H,48,49). The van der Waals surface area contributed by atoms with E-state index in [9.17, 15) is 9.59 Å². The van der Waals surface area contributed by atoms with Crippen LogP contribution in [0, 0.1) is 0 Å². The van der Waals surface area contributed by atoms with Gasteiger partial charge in [-0.15, -0.1) is 0 Å². The SMILES string of the molecule is CCc1nc2c(cnn2CC)c(NC2CCOCC2)c1CNC(=O)c1cccc(C(=O)NCc2ccc(Cl)c(-c3cccc(CN4CCNCC4)c3)c2)c1. The second kappa shape index (κ2) is 17.6. The molecule has 0 spiro atoms. The Balaban J connectivity index is 1.02. The monoisotopic (exact) mass is 748 g/mol. The number of rotatable bonds is 13. The minimum Gasteiger partial charge on any atom is -0.381 e. The first-order valence-corrected chi connectivity index (χ1v) is 19.5. The number of piperazine rings is 1. The Morgan fingerprint density at radius 3 is 2.39 bits per heavy atom. The van der Waals surface area contributed by atoms with E-state index in [0.717, 1.165) is 90.2 Å². The highest BCUT2D eigenvalue weighted by Crippen LogP contribution is 2.32. The van der Waals surface area contributed by atoms with Gasteiger partial charge in [0.15, 0.2) is 5.65 Å². The molecule has 7 rings (SSSR count). The van der Waals surface area contributed by atoms with E-state index in [-0.39, 0.29) is 24.4 Å². The number of hydrogen-bond acceptors (Lipinski definition) is 8. The number of anilines is 1. The third kappa shape index (κ3) is 8.76. The molecule has 2 aromatic heterocycles. The zero-order chi connectivity index (χ0) is 37.4. The topological polar surface area (TPSA) is 125 Å². The van der Waals surface area contributed by atoms with Crippen LogP contribution in [0.2, 0.25) is 5.02 Å². The molecular weight excluding hydrogens is 700 g/mol. The number of hydrogen-bond donors (Lipinski definition) is 4. The van der Waals surface area contributed by atoms with E-state index in [4.69, 9.17) is 21.3 Å².